The molecule has 0 amide bonds. The number of nitrogens with zero attached hydrogens (tertiary/aromatic N) is 3. The Balaban J connectivity index is 1.95. The Morgan fingerprint density at radius 2 is 2.33 bits per heavy atom. The number of amidine groups is 1. The molecule has 0 aromatic heterocycles. The third-order valence-corrected chi connectivity index (χ3v) is 4.21. The number of likely N-dealkylation sites (N-methyl/N-ethyl adjacent to an activating group) is 2. The summed E-state index contributed by atoms with van der Waals surface area (Å²) in [6.45, 7) is 6.56. The van der Waals surface area contributed by atoms with E-state index in [0.29, 0.717) is 6.04 Å². The van der Waals surface area contributed by atoms with Crippen molar-refractivity contribution in [1.82, 2.24) is 9.80 Å². The van der Waals surface area contributed by atoms with Gasteiger partial charge < -0.3 is 15.8 Å². The maximum Gasteiger partial charge on any atom is 0.170 e. The number of benzene rings is 1. The first kappa shape index (κ1) is 15.8. The van der Waals surface area contributed by atoms with Gasteiger partial charge in [0, 0.05) is 24.7 Å². The van der Waals surface area contributed by atoms with Crippen molar-refractivity contribution in [3.05, 3.63) is 35.4 Å². The van der Waals surface area contributed by atoms with Gasteiger partial charge in [-0.2, -0.15) is 0 Å². The van der Waals surface area contributed by atoms with E-state index in [1.165, 1.54) is 24.9 Å². The lowest BCUT2D eigenvalue weighted by molar-refractivity contribution is 0.195. The maximum atomic E-state index is 8.75. The molecule has 1 aromatic carbocycles. The fourth-order valence-electron chi connectivity index (χ4n) is 3.14. The fraction of sp³-hybridized carbons (Fsp3) is 0.562. The summed E-state index contributed by atoms with van der Waals surface area (Å²) in [5, 5.41) is 11.8. The minimum Gasteiger partial charge on any atom is -0.409 e. The number of rotatable bonds is 6. The van der Waals surface area contributed by atoms with Gasteiger partial charge >= 0.3 is 0 Å². The summed E-state index contributed by atoms with van der Waals surface area (Å²) in [5.41, 5.74) is 7.59. The molecular formula is C16H26N4O. The predicted molar refractivity (Wildman–Crippen MR) is 85.6 cm³/mol. The van der Waals surface area contributed by atoms with E-state index < -0.39 is 0 Å². The normalized spacial score (nSPS) is 20.3. The zero-order valence-corrected chi connectivity index (χ0v) is 13.0. The molecular weight excluding hydrogens is 264 g/mol. The van der Waals surface area contributed by atoms with Crippen molar-refractivity contribution in [2.24, 2.45) is 10.9 Å². The summed E-state index contributed by atoms with van der Waals surface area (Å²) >= 11 is 0. The Morgan fingerprint density at radius 1 is 1.52 bits per heavy atom. The molecule has 1 heterocycles. The van der Waals surface area contributed by atoms with E-state index in [4.69, 9.17) is 10.9 Å². The Labute approximate surface area is 127 Å². The topological polar surface area (TPSA) is 65.1 Å². The molecule has 0 saturated carbocycles. The molecule has 1 unspecified atom stereocenters. The van der Waals surface area contributed by atoms with E-state index in [1.807, 2.05) is 18.2 Å². The summed E-state index contributed by atoms with van der Waals surface area (Å²) in [5.74, 6) is 0.160. The average molecular weight is 290 g/mol. The minimum absolute atomic E-state index is 0.160. The van der Waals surface area contributed by atoms with Crippen LogP contribution in [0, 0.1) is 0 Å². The van der Waals surface area contributed by atoms with Gasteiger partial charge in [-0.3, -0.25) is 4.90 Å². The largest absolute Gasteiger partial charge is 0.409 e. The van der Waals surface area contributed by atoms with Crippen molar-refractivity contribution < 1.29 is 5.21 Å². The van der Waals surface area contributed by atoms with E-state index in [1.54, 1.807) is 0 Å². The summed E-state index contributed by atoms with van der Waals surface area (Å²) < 4.78 is 0. The molecule has 0 radical (unpaired) electrons. The van der Waals surface area contributed by atoms with Crippen molar-refractivity contribution >= 4 is 5.84 Å². The molecule has 0 spiro atoms. The summed E-state index contributed by atoms with van der Waals surface area (Å²) in [6, 6.07) is 8.54. The molecule has 3 N–H and O–H groups in total. The SMILES string of the molecule is CCN1CCCC1CN(C)Cc1cccc(C(N)=NO)c1. The number of likely N-dealkylation sites (tertiary alicyclic amines) is 1. The van der Waals surface area contributed by atoms with Crippen LogP contribution < -0.4 is 5.73 Å². The van der Waals surface area contributed by atoms with Crippen LogP contribution in [0.2, 0.25) is 0 Å². The second-order valence-corrected chi connectivity index (χ2v) is 5.81. The van der Waals surface area contributed by atoms with Crippen molar-refractivity contribution in [1.29, 1.82) is 0 Å². The molecule has 2 rings (SSSR count). The molecule has 0 bridgehead atoms. The lowest BCUT2D eigenvalue weighted by Crippen LogP contribution is -2.38. The predicted octanol–water partition coefficient (Wildman–Crippen LogP) is 1.70. The van der Waals surface area contributed by atoms with Gasteiger partial charge in [-0.25, -0.2) is 0 Å². The van der Waals surface area contributed by atoms with Crippen LogP contribution in [-0.2, 0) is 6.54 Å². The van der Waals surface area contributed by atoms with Gasteiger partial charge in [-0.15, -0.1) is 0 Å². The lowest BCUT2D eigenvalue weighted by atomic mass is 10.1. The van der Waals surface area contributed by atoms with Crippen LogP contribution in [-0.4, -0.2) is 53.6 Å². The molecule has 0 aliphatic carbocycles. The van der Waals surface area contributed by atoms with Crippen molar-refractivity contribution in [2.45, 2.75) is 32.4 Å². The van der Waals surface area contributed by atoms with E-state index in [9.17, 15) is 0 Å². The summed E-state index contributed by atoms with van der Waals surface area (Å²) in [4.78, 5) is 4.91. The highest BCUT2D eigenvalue weighted by atomic mass is 16.4. The molecule has 21 heavy (non-hydrogen) atoms. The summed E-state index contributed by atoms with van der Waals surface area (Å²) in [6.07, 6.45) is 2.60. The molecule has 1 aromatic rings. The molecule has 5 heteroatoms. The number of hydrogen-bond acceptors (Lipinski definition) is 4. The third kappa shape index (κ3) is 4.19. The van der Waals surface area contributed by atoms with E-state index >= 15 is 0 Å². The smallest absolute Gasteiger partial charge is 0.170 e. The second-order valence-electron chi connectivity index (χ2n) is 5.81. The highest BCUT2D eigenvalue weighted by Gasteiger charge is 2.23. The first-order valence-electron chi connectivity index (χ1n) is 7.63. The van der Waals surface area contributed by atoms with Gasteiger partial charge in [0.2, 0.25) is 0 Å². The Kier molecular flexibility index (Phi) is 5.59. The van der Waals surface area contributed by atoms with Crippen LogP contribution >= 0.6 is 0 Å². The van der Waals surface area contributed by atoms with Gasteiger partial charge in [0.05, 0.1) is 0 Å². The van der Waals surface area contributed by atoms with Gasteiger partial charge in [0.25, 0.3) is 0 Å². The number of nitrogens with two attached hydrogens (primary N) is 1. The highest BCUT2D eigenvalue weighted by molar-refractivity contribution is 5.97. The van der Waals surface area contributed by atoms with E-state index in [0.717, 1.165) is 25.2 Å². The van der Waals surface area contributed by atoms with Crippen LogP contribution in [0.25, 0.3) is 0 Å². The fourth-order valence-corrected chi connectivity index (χ4v) is 3.14. The van der Waals surface area contributed by atoms with Crippen LogP contribution in [0.3, 0.4) is 0 Å². The Morgan fingerprint density at radius 3 is 3.05 bits per heavy atom. The van der Waals surface area contributed by atoms with Crippen molar-refractivity contribution in [2.75, 3.05) is 26.7 Å². The van der Waals surface area contributed by atoms with Gasteiger partial charge in [-0.1, -0.05) is 30.3 Å². The highest BCUT2D eigenvalue weighted by Crippen LogP contribution is 2.18. The molecule has 1 atom stereocenters. The molecule has 5 nitrogen and oxygen atoms in total. The number of hydrogen-bond donors (Lipinski definition) is 2. The van der Waals surface area contributed by atoms with Crippen molar-refractivity contribution in [3.8, 4) is 0 Å². The lowest BCUT2D eigenvalue weighted by Gasteiger charge is -2.27. The van der Waals surface area contributed by atoms with Crippen molar-refractivity contribution in [3.63, 3.8) is 0 Å². The van der Waals surface area contributed by atoms with Gasteiger partial charge in [0.15, 0.2) is 5.84 Å². The quantitative estimate of drug-likeness (QED) is 0.362. The maximum absolute atomic E-state index is 8.75. The summed E-state index contributed by atoms with van der Waals surface area (Å²) in [7, 11) is 2.16. The zero-order valence-electron chi connectivity index (χ0n) is 13.0. The standard InChI is InChI=1S/C16H26N4O/c1-3-20-9-5-8-15(20)12-19(2)11-13-6-4-7-14(10-13)16(17)18-21/h4,6-7,10,15,21H,3,5,8-9,11-12H2,1-2H3,(H2,17,18). The zero-order chi connectivity index (χ0) is 15.2. The van der Waals surface area contributed by atoms with Gasteiger partial charge in [-0.05, 0) is 44.6 Å². The van der Waals surface area contributed by atoms with Crippen LogP contribution in [0.5, 0.6) is 0 Å². The average Bonchev–Trinajstić information content (AvgIpc) is 2.93. The number of oxime groups is 1. The second kappa shape index (κ2) is 7.43. The van der Waals surface area contributed by atoms with Crippen LogP contribution in [0.1, 0.15) is 30.9 Å². The van der Waals surface area contributed by atoms with Crippen LogP contribution in [0.4, 0.5) is 0 Å². The first-order valence-corrected chi connectivity index (χ1v) is 7.63. The van der Waals surface area contributed by atoms with Gasteiger partial charge in [0.1, 0.15) is 0 Å². The van der Waals surface area contributed by atoms with E-state index in [-0.39, 0.29) is 5.84 Å². The first-order chi connectivity index (χ1) is 10.1. The van der Waals surface area contributed by atoms with E-state index in [2.05, 4.69) is 35.0 Å². The Bertz CT molecular complexity index is 489. The molecule has 1 saturated heterocycles. The van der Waals surface area contributed by atoms with Crippen LogP contribution in [0.15, 0.2) is 29.4 Å². The molecule has 1 aliphatic heterocycles. The Hall–Kier alpha value is -1.59. The molecule has 1 aliphatic rings. The minimum atomic E-state index is 0.160. The molecule has 1 fully saturated rings. The monoisotopic (exact) mass is 290 g/mol. The molecule has 116 valence electrons. The third-order valence-electron chi connectivity index (χ3n) is 4.21.